The Morgan fingerprint density at radius 1 is 1.47 bits per heavy atom. The molecule has 1 rings (SSSR count). The molecule has 0 aliphatic rings. The van der Waals surface area contributed by atoms with E-state index in [1.54, 1.807) is 18.2 Å². The Kier molecular flexibility index (Phi) is 3.79. The van der Waals surface area contributed by atoms with Gasteiger partial charge in [0.15, 0.2) is 11.5 Å². The number of hydrogen-bond donors (Lipinski definition) is 2. The van der Waals surface area contributed by atoms with E-state index in [4.69, 9.17) is 20.3 Å². The van der Waals surface area contributed by atoms with Crippen LogP contribution in [0.3, 0.4) is 0 Å². The molecule has 0 unspecified atom stereocenters. The van der Waals surface area contributed by atoms with Gasteiger partial charge in [-0.15, -0.1) is 0 Å². The van der Waals surface area contributed by atoms with E-state index in [0.29, 0.717) is 17.2 Å². The highest BCUT2D eigenvalue weighted by atomic mass is 16.5. The fourth-order valence-corrected chi connectivity index (χ4v) is 1.05. The molecule has 1 aromatic rings. The second kappa shape index (κ2) is 5.09. The van der Waals surface area contributed by atoms with Crippen molar-refractivity contribution in [1.82, 2.24) is 0 Å². The van der Waals surface area contributed by atoms with Crippen LogP contribution in [0.25, 0.3) is 0 Å². The van der Waals surface area contributed by atoms with Crippen molar-refractivity contribution >= 4 is 11.7 Å². The van der Waals surface area contributed by atoms with Crippen LogP contribution in [0.5, 0.6) is 11.5 Å². The summed E-state index contributed by atoms with van der Waals surface area (Å²) >= 11 is 0. The van der Waals surface area contributed by atoms with Gasteiger partial charge in [0, 0.05) is 11.8 Å². The number of ether oxygens (including phenoxy) is 2. The van der Waals surface area contributed by atoms with Crippen LogP contribution >= 0.6 is 0 Å². The lowest BCUT2D eigenvalue weighted by Gasteiger charge is -2.10. The molecule has 0 radical (unpaired) electrons. The van der Waals surface area contributed by atoms with Crippen LogP contribution in [0.4, 0.5) is 5.69 Å². The topological polar surface area (TPSA) is 81.8 Å². The summed E-state index contributed by atoms with van der Waals surface area (Å²) in [5.74, 6) is 0.0891. The minimum absolute atomic E-state index is 0.0576. The molecule has 0 saturated heterocycles. The standard InChI is InChI=1S/C10H13NO4/c1-14-8-3-2-7(11)6-9(8)15-5-4-10(12)13/h2-3,6H,4-5,11H2,1H3,(H,12,13). The molecule has 0 heterocycles. The molecule has 0 fully saturated rings. The summed E-state index contributed by atoms with van der Waals surface area (Å²) in [6.45, 7) is 0.0924. The van der Waals surface area contributed by atoms with E-state index in [9.17, 15) is 4.79 Å². The number of anilines is 1. The summed E-state index contributed by atoms with van der Waals surface area (Å²) in [5, 5.41) is 8.44. The fraction of sp³-hybridized carbons (Fsp3) is 0.300. The Balaban J connectivity index is 2.65. The van der Waals surface area contributed by atoms with Gasteiger partial charge in [-0.2, -0.15) is 0 Å². The predicted octanol–water partition coefficient (Wildman–Crippen LogP) is 1.13. The molecule has 3 N–H and O–H groups in total. The van der Waals surface area contributed by atoms with Crippen LogP contribution in [0.2, 0.25) is 0 Å². The van der Waals surface area contributed by atoms with Crippen LogP contribution in [0.1, 0.15) is 6.42 Å². The normalized spacial score (nSPS) is 9.67. The smallest absolute Gasteiger partial charge is 0.306 e. The number of aliphatic carboxylic acids is 1. The molecule has 15 heavy (non-hydrogen) atoms. The lowest BCUT2D eigenvalue weighted by Crippen LogP contribution is -2.05. The maximum absolute atomic E-state index is 10.3. The van der Waals surface area contributed by atoms with Crippen molar-refractivity contribution in [2.45, 2.75) is 6.42 Å². The highest BCUT2D eigenvalue weighted by Crippen LogP contribution is 2.28. The third kappa shape index (κ3) is 3.38. The van der Waals surface area contributed by atoms with Crippen LogP contribution in [0, 0.1) is 0 Å². The number of carbonyl (C=O) groups is 1. The van der Waals surface area contributed by atoms with Gasteiger partial charge in [-0.3, -0.25) is 4.79 Å². The zero-order chi connectivity index (χ0) is 11.3. The van der Waals surface area contributed by atoms with E-state index in [-0.39, 0.29) is 13.0 Å². The van der Waals surface area contributed by atoms with Crippen molar-refractivity contribution in [2.75, 3.05) is 19.5 Å². The Hall–Kier alpha value is -1.91. The van der Waals surface area contributed by atoms with Gasteiger partial charge in [0.2, 0.25) is 0 Å². The number of carboxylic acid groups (broad SMARTS) is 1. The maximum Gasteiger partial charge on any atom is 0.306 e. The average Bonchev–Trinajstić information content (AvgIpc) is 2.17. The minimum Gasteiger partial charge on any atom is -0.493 e. The zero-order valence-electron chi connectivity index (χ0n) is 8.40. The molecule has 0 aliphatic heterocycles. The molecule has 0 amide bonds. The molecular weight excluding hydrogens is 198 g/mol. The van der Waals surface area contributed by atoms with Gasteiger partial charge in [0.1, 0.15) is 0 Å². The number of carboxylic acids is 1. The van der Waals surface area contributed by atoms with E-state index < -0.39 is 5.97 Å². The van der Waals surface area contributed by atoms with Crippen molar-refractivity contribution < 1.29 is 19.4 Å². The molecule has 0 saturated carbocycles. The summed E-state index contributed by atoms with van der Waals surface area (Å²) in [7, 11) is 1.51. The summed E-state index contributed by atoms with van der Waals surface area (Å²) in [5.41, 5.74) is 6.10. The van der Waals surface area contributed by atoms with Gasteiger partial charge >= 0.3 is 5.97 Å². The lowest BCUT2D eigenvalue weighted by atomic mass is 10.3. The van der Waals surface area contributed by atoms with E-state index in [1.807, 2.05) is 0 Å². The van der Waals surface area contributed by atoms with Crippen molar-refractivity contribution in [1.29, 1.82) is 0 Å². The van der Waals surface area contributed by atoms with E-state index >= 15 is 0 Å². The molecule has 5 heteroatoms. The number of nitrogens with two attached hydrogens (primary N) is 1. The molecule has 0 aromatic heterocycles. The van der Waals surface area contributed by atoms with E-state index in [1.165, 1.54) is 7.11 Å². The number of hydrogen-bond acceptors (Lipinski definition) is 4. The largest absolute Gasteiger partial charge is 0.493 e. The molecule has 1 aromatic carbocycles. The Morgan fingerprint density at radius 3 is 2.80 bits per heavy atom. The number of nitrogen functional groups attached to an aromatic ring is 1. The van der Waals surface area contributed by atoms with Crippen LogP contribution in [-0.4, -0.2) is 24.8 Å². The molecule has 5 nitrogen and oxygen atoms in total. The van der Waals surface area contributed by atoms with Gasteiger partial charge in [-0.05, 0) is 12.1 Å². The first kappa shape index (κ1) is 11.2. The molecule has 0 spiro atoms. The van der Waals surface area contributed by atoms with Crippen LogP contribution in [0.15, 0.2) is 18.2 Å². The van der Waals surface area contributed by atoms with Crippen molar-refractivity contribution in [3.05, 3.63) is 18.2 Å². The highest BCUT2D eigenvalue weighted by Gasteiger charge is 2.05. The van der Waals surface area contributed by atoms with Crippen molar-refractivity contribution in [3.63, 3.8) is 0 Å². The molecule has 0 aliphatic carbocycles. The van der Waals surface area contributed by atoms with Crippen molar-refractivity contribution in [3.8, 4) is 11.5 Å². The third-order valence-electron chi connectivity index (χ3n) is 1.76. The van der Waals surface area contributed by atoms with Crippen LogP contribution in [-0.2, 0) is 4.79 Å². The van der Waals surface area contributed by atoms with Gasteiger partial charge in [0.25, 0.3) is 0 Å². The average molecular weight is 211 g/mol. The quantitative estimate of drug-likeness (QED) is 0.713. The van der Waals surface area contributed by atoms with Gasteiger partial charge in [-0.25, -0.2) is 0 Å². The minimum atomic E-state index is -0.905. The Morgan fingerprint density at radius 2 is 2.20 bits per heavy atom. The van der Waals surface area contributed by atoms with E-state index in [2.05, 4.69) is 0 Å². The fourth-order valence-electron chi connectivity index (χ4n) is 1.05. The first-order valence-electron chi connectivity index (χ1n) is 4.41. The number of rotatable bonds is 5. The molecule has 82 valence electrons. The lowest BCUT2D eigenvalue weighted by molar-refractivity contribution is -0.137. The van der Waals surface area contributed by atoms with Gasteiger partial charge in [-0.1, -0.05) is 0 Å². The summed E-state index contributed by atoms with van der Waals surface area (Å²) in [6, 6.07) is 4.95. The van der Waals surface area contributed by atoms with Crippen molar-refractivity contribution in [2.24, 2.45) is 0 Å². The van der Waals surface area contributed by atoms with Crippen LogP contribution < -0.4 is 15.2 Å². The summed E-state index contributed by atoms with van der Waals surface area (Å²) in [4.78, 5) is 10.3. The maximum atomic E-state index is 10.3. The second-order valence-corrected chi connectivity index (χ2v) is 2.90. The van der Waals surface area contributed by atoms with Gasteiger partial charge in [0.05, 0.1) is 20.1 Å². The first-order valence-corrected chi connectivity index (χ1v) is 4.41. The zero-order valence-corrected chi connectivity index (χ0v) is 8.40. The predicted molar refractivity (Wildman–Crippen MR) is 55.2 cm³/mol. The SMILES string of the molecule is COc1ccc(N)cc1OCCC(=O)O. The summed E-state index contributed by atoms with van der Waals surface area (Å²) in [6.07, 6.45) is -0.0576. The summed E-state index contributed by atoms with van der Waals surface area (Å²) < 4.78 is 10.3. The molecule has 0 bridgehead atoms. The Labute approximate surface area is 87.4 Å². The highest BCUT2D eigenvalue weighted by molar-refractivity contribution is 5.66. The number of methoxy groups -OCH3 is 1. The number of benzene rings is 1. The second-order valence-electron chi connectivity index (χ2n) is 2.90. The van der Waals surface area contributed by atoms with E-state index in [0.717, 1.165) is 0 Å². The molecular formula is C10H13NO4. The molecule has 0 atom stereocenters. The Bertz CT molecular complexity index is 351. The monoisotopic (exact) mass is 211 g/mol. The third-order valence-corrected chi connectivity index (χ3v) is 1.76. The van der Waals surface area contributed by atoms with Gasteiger partial charge < -0.3 is 20.3 Å². The first-order chi connectivity index (χ1) is 7.13.